The van der Waals surface area contributed by atoms with Gasteiger partial charge in [0.25, 0.3) is 0 Å². The lowest BCUT2D eigenvalue weighted by molar-refractivity contribution is 0.351. The van der Waals surface area contributed by atoms with E-state index in [2.05, 4.69) is 28.6 Å². The Hall–Kier alpha value is -3.54. The molecule has 2 aromatic heterocycles. The number of amidine groups is 1. The number of hydrogen-bond donors (Lipinski definition) is 3. The summed E-state index contributed by atoms with van der Waals surface area (Å²) in [6.45, 7) is 3.81. The van der Waals surface area contributed by atoms with E-state index in [0.717, 1.165) is 29.5 Å². The molecule has 5 rings (SSSR count). The Morgan fingerprint density at radius 1 is 1.14 bits per heavy atom. The van der Waals surface area contributed by atoms with Gasteiger partial charge in [0, 0.05) is 30.2 Å². The monoisotopic (exact) mass is 385 g/mol. The maximum Gasteiger partial charge on any atom is 0.148 e. The number of aliphatic hydroxyl groups excluding tert-OH is 1. The molecule has 2 aromatic carbocycles. The summed E-state index contributed by atoms with van der Waals surface area (Å²) in [6.07, 6.45) is 2.84. The Bertz CT molecular complexity index is 1260. The van der Waals surface area contributed by atoms with Crippen molar-refractivity contribution in [2.75, 3.05) is 13.1 Å². The van der Waals surface area contributed by atoms with E-state index in [4.69, 9.17) is 10.4 Å². The zero-order valence-electron chi connectivity index (χ0n) is 16.3. The predicted octanol–water partition coefficient (Wildman–Crippen LogP) is 4.34. The number of rotatable bonds is 5. The highest BCUT2D eigenvalue weighted by Gasteiger charge is 2.31. The number of imidazole rings is 1. The van der Waals surface area contributed by atoms with Crippen molar-refractivity contribution in [3.05, 3.63) is 71.9 Å². The summed E-state index contributed by atoms with van der Waals surface area (Å²) in [7, 11) is 0. The maximum atomic E-state index is 10.7. The van der Waals surface area contributed by atoms with Crippen LogP contribution in [0.1, 0.15) is 18.3 Å². The van der Waals surface area contributed by atoms with Gasteiger partial charge >= 0.3 is 0 Å². The molecule has 0 saturated heterocycles. The first kappa shape index (κ1) is 17.6. The van der Waals surface area contributed by atoms with Gasteiger partial charge in [-0.1, -0.05) is 30.3 Å². The summed E-state index contributed by atoms with van der Waals surface area (Å²) in [6, 6.07) is 16.2. The van der Waals surface area contributed by atoms with Crippen LogP contribution in [0, 0.1) is 5.41 Å². The summed E-state index contributed by atoms with van der Waals surface area (Å²) < 4.78 is 2.07. The minimum Gasteiger partial charge on any atom is -0.510 e. The van der Waals surface area contributed by atoms with Crippen LogP contribution in [0.15, 0.2) is 60.5 Å². The van der Waals surface area contributed by atoms with Gasteiger partial charge in [-0.2, -0.15) is 0 Å². The molecule has 6 nitrogen and oxygen atoms in total. The molecule has 0 spiro atoms. The molecule has 0 atom stereocenters. The summed E-state index contributed by atoms with van der Waals surface area (Å²) in [5.41, 5.74) is 4.80. The first-order chi connectivity index (χ1) is 14.2. The third-order valence-corrected chi connectivity index (χ3v) is 5.70. The van der Waals surface area contributed by atoms with E-state index in [9.17, 15) is 5.11 Å². The van der Waals surface area contributed by atoms with Gasteiger partial charge in [0.2, 0.25) is 0 Å². The van der Waals surface area contributed by atoms with Crippen molar-refractivity contribution in [3.8, 4) is 0 Å². The number of aromatic nitrogens is 3. The van der Waals surface area contributed by atoms with Gasteiger partial charge < -0.3 is 19.6 Å². The summed E-state index contributed by atoms with van der Waals surface area (Å²) in [4.78, 5) is 9.95. The van der Waals surface area contributed by atoms with Crippen molar-refractivity contribution in [1.82, 2.24) is 19.4 Å². The summed E-state index contributed by atoms with van der Waals surface area (Å²) in [5.74, 6) is 1.23. The van der Waals surface area contributed by atoms with Crippen LogP contribution in [-0.4, -0.2) is 43.5 Å². The third kappa shape index (κ3) is 2.79. The number of para-hydroxylation sites is 3. The molecule has 4 aromatic rings. The molecule has 0 saturated carbocycles. The first-order valence-corrected chi connectivity index (χ1v) is 9.94. The minimum absolute atomic E-state index is 0.221. The molecule has 29 heavy (non-hydrogen) atoms. The second-order valence-corrected chi connectivity index (χ2v) is 7.37. The second kappa shape index (κ2) is 6.81. The third-order valence-electron chi connectivity index (χ3n) is 5.70. The van der Waals surface area contributed by atoms with Crippen molar-refractivity contribution in [1.29, 1.82) is 5.41 Å². The van der Waals surface area contributed by atoms with E-state index in [0.29, 0.717) is 30.3 Å². The number of fused-ring (bicyclic) bond motifs is 2. The molecule has 0 fully saturated rings. The number of nitrogens with zero attached hydrogens (tertiary/aromatic N) is 3. The Kier molecular flexibility index (Phi) is 4.12. The van der Waals surface area contributed by atoms with Crippen molar-refractivity contribution in [2.24, 2.45) is 0 Å². The van der Waals surface area contributed by atoms with E-state index in [-0.39, 0.29) is 5.76 Å². The standard InChI is InChI=1S/C23H23N5O/c1-2-28-19-10-6-5-9-18(19)26-23(28)21-20(29)14-27(22(21)24)12-11-15-13-25-17-8-4-3-7-16(15)17/h3-10,13,24-25,29H,2,11-12,14H2,1H3. The van der Waals surface area contributed by atoms with Crippen LogP contribution in [0.3, 0.4) is 0 Å². The van der Waals surface area contributed by atoms with Crippen LogP contribution < -0.4 is 0 Å². The van der Waals surface area contributed by atoms with Gasteiger partial charge in [0.05, 0.1) is 23.2 Å². The van der Waals surface area contributed by atoms with Crippen molar-refractivity contribution < 1.29 is 5.11 Å². The molecule has 3 heterocycles. The molecule has 1 aliphatic rings. The van der Waals surface area contributed by atoms with Gasteiger partial charge in [-0.15, -0.1) is 0 Å². The van der Waals surface area contributed by atoms with Crippen molar-refractivity contribution in [2.45, 2.75) is 19.9 Å². The maximum absolute atomic E-state index is 10.7. The molecular formula is C23H23N5O. The number of nitrogens with one attached hydrogen (secondary N) is 2. The highest BCUT2D eigenvalue weighted by Crippen LogP contribution is 2.30. The molecule has 3 N–H and O–H groups in total. The van der Waals surface area contributed by atoms with Crippen LogP contribution in [0.4, 0.5) is 0 Å². The fourth-order valence-electron chi connectivity index (χ4n) is 4.24. The van der Waals surface area contributed by atoms with E-state index < -0.39 is 0 Å². The fraction of sp³-hybridized carbons (Fsp3) is 0.217. The molecule has 146 valence electrons. The van der Waals surface area contributed by atoms with Gasteiger partial charge in [-0.05, 0) is 37.1 Å². The lowest BCUT2D eigenvalue weighted by Crippen LogP contribution is -2.29. The number of aliphatic hydroxyl groups is 1. The van der Waals surface area contributed by atoms with Crippen molar-refractivity contribution in [3.63, 3.8) is 0 Å². The zero-order chi connectivity index (χ0) is 20.0. The van der Waals surface area contributed by atoms with Gasteiger partial charge in [0.15, 0.2) is 0 Å². The number of aromatic amines is 1. The SMILES string of the molecule is CCn1c(C2=C(O)CN(CCc3c[nH]c4ccccc34)C2=N)nc2ccccc21. The van der Waals surface area contributed by atoms with Crippen LogP contribution in [0.25, 0.3) is 27.5 Å². The lowest BCUT2D eigenvalue weighted by Gasteiger charge is -2.18. The van der Waals surface area contributed by atoms with Crippen LogP contribution >= 0.6 is 0 Å². The molecule has 6 heteroatoms. The molecule has 0 bridgehead atoms. The van der Waals surface area contributed by atoms with E-state index in [1.54, 1.807) is 0 Å². The molecule has 0 radical (unpaired) electrons. The average molecular weight is 385 g/mol. The molecule has 0 aliphatic carbocycles. The molecule has 0 amide bonds. The highest BCUT2D eigenvalue weighted by molar-refractivity contribution is 6.23. The van der Waals surface area contributed by atoms with Crippen LogP contribution in [0.5, 0.6) is 0 Å². The Morgan fingerprint density at radius 3 is 2.79 bits per heavy atom. The number of H-pyrrole nitrogens is 1. The smallest absolute Gasteiger partial charge is 0.148 e. The molecular weight excluding hydrogens is 362 g/mol. The largest absolute Gasteiger partial charge is 0.510 e. The number of hydrogen-bond acceptors (Lipinski definition) is 3. The second-order valence-electron chi connectivity index (χ2n) is 7.37. The quantitative estimate of drug-likeness (QED) is 0.478. The normalized spacial score (nSPS) is 14.7. The highest BCUT2D eigenvalue weighted by atomic mass is 16.3. The lowest BCUT2D eigenvalue weighted by atomic mass is 10.1. The van der Waals surface area contributed by atoms with E-state index in [1.807, 2.05) is 47.5 Å². The molecule has 0 unspecified atom stereocenters. The van der Waals surface area contributed by atoms with Crippen molar-refractivity contribution >= 4 is 33.3 Å². The van der Waals surface area contributed by atoms with E-state index >= 15 is 0 Å². The van der Waals surface area contributed by atoms with Crippen LogP contribution in [0.2, 0.25) is 0 Å². The average Bonchev–Trinajstić information content (AvgIpc) is 3.39. The van der Waals surface area contributed by atoms with Crippen LogP contribution in [-0.2, 0) is 13.0 Å². The Morgan fingerprint density at radius 2 is 1.93 bits per heavy atom. The Balaban J connectivity index is 1.41. The number of benzene rings is 2. The Labute approximate surface area is 168 Å². The summed E-state index contributed by atoms with van der Waals surface area (Å²) >= 11 is 0. The topological polar surface area (TPSA) is 80.9 Å². The fourth-order valence-corrected chi connectivity index (χ4v) is 4.24. The van der Waals surface area contributed by atoms with Gasteiger partial charge in [0.1, 0.15) is 17.4 Å². The predicted molar refractivity (Wildman–Crippen MR) is 116 cm³/mol. The van der Waals surface area contributed by atoms with Gasteiger partial charge in [-0.25, -0.2) is 4.98 Å². The first-order valence-electron chi connectivity index (χ1n) is 9.94. The molecule has 1 aliphatic heterocycles. The van der Waals surface area contributed by atoms with Gasteiger partial charge in [-0.3, -0.25) is 5.41 Å². The zero-order valence-corrected chi connectivity index (χ0v) is 16.3. The number of aryl methyl sites for hydroxylation is 1. The summed E-state index contributed by atoms with van der Waals surface area (Å²) in [5, 5.41) is 20.6. The minimum atomic E-state index is 0.221. The van der Waals surface area contributed by atoms with E-state index in [1.165, 1.54) is 10.9 Å².